The molecule has 1 saturated carbocycles. The van der Waals surface area contributed by atoms with Gasteiger partial charge in [-0.15, -0.1) is 0 Å². The maximum atomic E-state index is 12.8. The maximum Gasteiger partial charge on any atom is 0.167 e. The van der Waals surface area contributed by atoms with E-state index in [-0.39, 0.29) is 5.78 Å². The van der Waals surface area contributed by atoms with Crippen LogP contribution in [0.2, 0.25) is 0 Å². The number of benzene rings is 4. The molecular weight excluding hydrogens is 418 g/mol. The quantitative estimate of drug-likeness (QED) is 0.300. The summed E-state index contributed by atoms with van der Waals surface area (Å²) in [7, 11) is 1.70. The third kappa shape index (κ3) is 5.27. The van der Waals surface area contributed by atoms with Gasteiger partial charge in [-0.25, -0.2) is 0 Å². The minimum Gasteiger partial charge on any atom is -0.497 e. The molecule has 3 heteroatoms. The van der Waals surface area contributed by atoms with Gasteiger partial charge in [0.2, 0.25) is 0 Å². The van der Waals surface area contributed by atoms with Crippen molar-refractivity contribution in [2.75, 3.05) is 7.11 Å². The second kappa shape index (κ2) is 10.1. The minimum atomic E-state index is 0.150. The van der Waals surface area contributed by atoms with Crippen LogP contribution < -0.4 is 10.1 Å². The third-order valence-electron chi connectivity index (χ3n) is 6.58. The lowest BCUT2D eigenvalue weighted by molar-refractivity contribution is 0.0993. The summed E-state index contributed by atoms with van der Waals surface area (Å²) in [4.78, 5) is 12.8. The molecule has 4 aromatic rings. The fourth-order valence-corrected chi connectivity index (χ4v) is 4.47. The Hall–Kier alpha value is -3.69. The van der Waals surface area contributed by atoms with Crippen molar-refractivity contribution in [2.45, 2.75) is 31.3 Å². The zero-order valence-corrected chi connectivity index (χ0v) is 19.4. The molecule has 0 bridgehead atoms. The summed E-state index contributed by atoms with van der Waals surface area (Å²) >= 11 is 0. The van der Waals surface area contributed by atoms with Gasteiger partial charge < -0.3 is 10.1 Å². The van der Waals surface area contributed by atoms with E-state index in [1.54, 1.807) is 7.11 Å². The summed E-state index contributed by atoms with van der Waals surface area (Å²) in [5.41, 5.74) is 6.67. The number of hydrogen-bond donors (Lipinski definition) is 1. The predicted molar refractivity (Wildman–Crippen MR) is 137 cm³/mol. The SMILES string of the molecule is COc1cccc(CNC2CC2c2ccc(CC(=O)c3ccc(-c4ccccc4)cc3)cc2)c1. The summed E-state index contributed by atoms with van der Waals surface area (Å²) in [6.45, 7) is 0.841. The smallest absolute Gasteiger partial charge is 0.167 e. The summed E-state index contributed by atoms with van der Waals surface area (Å²) in [5, 5.41) is 3.65. The van der Waals surface area contributed by atoms with Gasteiger partial charge in [-0.3, -0.25) is 4.79 Å². The number of methoxy groups -OCH3 is 1. The molecule has 0 spiro atoms. The van der Waals surface area contributed by atoms with Crippen LogP contribution in [0.1, 0.15) is 39.4 Å². The minimum absolute atomic E-state index is 0.150. The number of Topliss-reactive ketones (excluding diaryl/α,β-unsaturated/α-hetero) is 1. The van der Waals surface area contributed by atoms with Crippen molar-refractivity contribution >= 4 is 5.78 Å². The Morgan fingerprint density at radius 2 is 1.56 bits per heavy atom. The first-order valence-corrected chi connectivity index (χ1v) is 11.8. The Labute approximate surface area is 201 Å². The maximum absolute atomic E-state index is 12.8. The van der Waals surface area contributed by atoms with Gasteiger partial charge in [-0.2, -0.15) is 0 Å². The molecule has 1 N–H and O–H groups in total. The van der Waals surface area contributed by atoms with E-state index in [9.17, 15) is 4.79 Å². The van der Waals surface area contributed by atoms with Crippen LogP contribution in [0.5, 0.6) is 5.75 Å². The largest absolute Gasteiger partial charge is 0.497 e. The van der Waals surface area contributed by atoms with Crippen molar-refractivity contribution in [3.8, 4) is 16.9 Å². The molecule has 0 amide bonds. The molecule has 2 atom stereocenters. The average molecular weight is 448 g/mol. The lowest BCUT2D eigenvalue weighted by Gasteiger charge is -2.08. The van der Waals surface area contributed by atoms with E-state index in [0.717, 1.165) is 41.0 Å². The molecule has 34 heavy (non-hydrogen) atoms. The molecule has 2 unspecified atom stereocenters. The zero-order chi connectivity index (χ0) is 23.3. The second-order valence-corrected chi connectivity index (χ2v) is 8.97. The van der Waals surface area contributed by atoms with Crippen LogP contribution in [0, 0.1) is 0 Å². The Balaban J connectivity index is 1.14. The van der Waals surface area contributed by atoms with Gasteiger partial charge in [0.25, 0.3) is 0 Å². The van der Waals surface area contributed by atoms with Gasteiger partial charge in [0.15, 0.2) is 5.78 Å². The first-order chi connectivity index (χ1) is 16.7. The van der Waals surface area contributed by atoms with Crippen molar-refractivity contribution in [2.24, 2.45) is 0 Å². The summed E-state index contributed by atoms with van der Waals surface area (Å²) in [6, 6.07) is 35.4. The monoisotopic (exact) mass is 447 g/mol. The zero-order valence-electron chi connectivity index (χ0n) is 19.4. The van der Waals surface area contributed by atoms with Crippen LogP contribution in [-0.4, -0.2) is 18.9 Å². The summed E-state index contributed by atoms with van der Waals surface area (Å²) in [5.74, 6) is 1.58. The molecule has 1 fully saturated rings. The topological polar surface area (TPSA) is 38.3 Å². The molecule has 1 aliphatic rings. The summed E-state index contributed by atoms with van der Waals surface area (Å²) in [6.07, 6.45) is 1.57. The number of carbonyl (C=O) groups is 1. The first kappa shape index (κ1) is 22.1. The third-order valence-corrected chi connectivity index (χ3v) is 6.58. The van der Waals surface area contributed by atoms with E-state index in [1.807, 2.05) is 54.6 Å². The van der Waals surface area contributed by atoms with Crippen molar-refractivity contribution < 1.29 is 9.53 Å². The fourth-order valence-electron chi connectivity index (χ4n) is 4.47. The molecule has 0 aliphatic heterocycles. The van der Waals surface area contributed by atoms with Gasteiger partial charge in [-0.05, 0) is 46.4 Å². The fraction of sp³-hybridized carbons (Fsp3) is 0.194. The molecule has 0 radical (unpaired) electrons. The van der Waals surface area contributed by atoms with E-state index < -0.39 is 0 Å². The van der Waals surface area contributed by atoms with E-state index in [4.69, 9.17) is 4.74 Å². The van der Waals surface area contributed by atoms with Crippen molar-refractivity contribution in [1.82, 2.24) is 5.32 Å². The average Bonchev–Trinajstić information content (AvgIpc) is 3.68. The summed E-state index contributed by atoms with van der Waals surface area (Å²) < 4.78 is 5.31. The highest BCUT2D eigenvalue weighted by Crippen LogP contribution is 2.41. The highest BCUT2D eigenvalue weighted by Gasteiger charge is 2.37. The van der Waals surface area contributed by atoms with Crippen LogP contribution in [0.3, 0.4) is 0 Å². The lowest BCUT2D eigenvalue weighted by atomic mass is 9.98. The van der Waals surface area contributed by atoms with Gasteiger partial charge in [0.1, 0.15) is 5.75 Å². The van der Waals surface area contributed by atoms with E-state index in [0.29, 0.717) is 18.4 Å². The molecule has 0 aromatic heterocycles. The van der Waals surface area contributed by atoms with Crippen LogP contribution in [0.25, 0.3) is 11.1 Å². The van der Waals surface area contributed by atoms with Gasteiger partial charge in [0.05, 0.1) is 7.11 Å². The standard InChI is InChI=1S/C31H29NO2/c1-34-28-9-5-6-23(18-28)21-32-30-20-29(30)26-12-10-22(11-13-26)19-31(33)27-16-14-25(15-17-27)24-7-3-2-4-8-24/h2-18,29-30,32H,19-21H2,1H3. The van der Waals surface area contributed by atoms with Gasteiger partial charge in [-0.1, -0.05) is 91.0 Å². The second-order valence-electron chi connectivity index (χ2n) is 8.97. The van der Waals surface area contributed by atoms with E-state index in [1.165, 1.54) is 11.1 Å². The van der Waals surface area contributed by atoms with Crippen LogP contribution >= 0.6 is 0 Å². The highest BCUT2D eigenvalue weighted by molar-refractivity contribution is 5.97. The number of ketones is 1. The number of nitrogens with one attached hydrogen (secondary N) is 1. The highest BCUT2D eigenvalue weighted by atomic mass is 16.5. The van der Waals surface area contributed by atoms with Crippen molar-refractivity contribution in [1.29, 1.82) is 0 Å². The van der Waals surface area contributed by atoms with Gasteiger partial charge in [0, 0.05) is 30.5 Å². The lowest BCUT2D eigenvalue weighted by Crippen LogP contribution is -2.17. The van der Waals surface area contributed by atoms with Crippen LogP contribution in [0.15, 0.2) is 103 Å². The van der Waals surface area contributed by atoms with Crippen molar-refractivity contribution in [3.63, 3.8) is 0 Å². The Morgan fingerprint density at radius 3 is 2.29 bits per heavy atom. The predicted octanol–water partition coefficient (Wildman–Crippen LogP) is 6.43. The Bertz CT molecular complexity index is 1250. The van der Waals surface area contributed by atoms with Crippen LogP contribution in [-0.2, 0) is 13.0 Å². The molecule has 0 saturated heterocycles. The molecule has 170 valence electrons. The molecular formula is C31H29NO2. The normalized spacial score (nSPS) is 16.7. The number of carbonyl (C=O) groups excluding carboxylic acids is 1. The molecule has 0 heterocycles. The molecule has 3 nitrogen and oxygen atoms in total. The van der Waals surface area contributed by atoms with E-state index >= 15 is 0 Å². The van der Waals surface area contributed by atoms with Crippen LogP contribution in [0.4, 0.5) is 0 Å². The Kier molecular flexibility index (Phi) is 6.55. The van der Waals surface area contributed by atoms with Gasteiger partial charge >= 0.3 is 0 Å². The molecule has 5 rings (SSSR count). The molecule has 4 aromatic carbocycles. The van der Waals surface area contributed by atoms with Crippen molar-refractivity contribution in [3.05, 3.63) is 125 Å². The van der Waals surface area contributed by atoms with E-state index in [2.05, 4.69) is 53.8 Å². The first-order valence-electron chi connectivity index (χ1n) is 11.8. The number of hydrogen-bond acceptors (Lipinski definition) is 3. The number of ether oxygens (including phenoxy) is 1. The molecule has 1 aliphatic carbocycles. The Morgan fingerprint density at radius 1 is 0.824 bits per heavy atom. The number of rotatable bonds is 9.